The molecule has 9 heteroatoms. The lowest BCUT2D eigenvalue weighted by atomic mass is 10.3. The first-order chi connectivity index (χ1) is 10.9. The smallest absolute Gasteiger partial charge is 0.240 e. The molecule has 23 heavy (non-hydrogen) atoms. The first-order valence-corrected chi connectivity index (χ1v) is 9.16. The fraction of sp³-hybridized carbons (Fsp3) is 0.286. The Labute approximate surface area is 143 Å². The lowest BCUT2D eigenvalue weighted by Gasteiger charge is -2.15. The molecule has 0 fully saturated rings. The van der Waals surface area contributed by atoms with Crippen LogP contribution in [-0.4, -0.2) is 29.2 Å². The number of sulfonamides is 1. The van der Waals surface area contributed by atoms with Crippen LogP contribution in [0.5, 0.6) is 5.75 Å². The van der Waals surface area contributed by atoms with Gasteiger partial charge in [-0.25, -0.2) is 17.5 Å². The Morgan fingerprint density at radius 2 is 2.04 bits per heavy atom. The van der Waals surface area contributed by atoms with Gasteiger partial charge in [-0.05, 0) is 30.3 Å². The Balaban J connectivity index is 2.13. The highest BCUT2D eigenvalue weighted by molar-refractivity contribution is 7.89. The average molecular weight is 380 g/mol. The molecule has 0 amide bonds. The van der Waals surface area contributed by atoms with Crippen molar-refractivity contribution in [1.29, 1.82) is 0 Å². The summed E-state index contributed by atoms with van der Waals surface area (Å²) in [5.41, 5.74) is 0. The number of rotatable bonds is 7. The van der Waals surface area contributed by atoms with E-state index in [-0.39, 0.29) is 17.2 Å². The molecule has 2 aromatic rings. The fourth-order valence-corrected chi connectivity index (χ4v) is 4.07. The average Bonchev–Trinajstić information content (AvgIpc) is 2.94. The first-order valence-electron chi connectivity index (χ1n) is 6.48. The highest BCUT2D eigenvalue weighted by Gasteiger charge is 2.20. The van der Waals surface area contributed by atoms with Gasteiger partial charge < -0.3 is 9.47 Å². The molecule has 1 heterocycles. The van der Waals surface area contributed by atoms with Gasteiger partial charge in [0.05, 0.1) is 16.3 Å². The molecule has 1 atom stereocenters. The van der Waals surface area contributed by atoms with Crippen LogP contribution in [-0.2, 0) is 14.8 Å². The van der Waals surface area contributed by atoms with E-state index < -0.39 is 21.9 Å². The van der Waals surface area contributed by atoms with Crippen LogP contribution in [0.1, 0.15) is 11.0 Å². The van der Waals surface area contributed by atoms with Gasteiger partial charge in [-0.15, -0.1) is 11.3 Å². The van der Waals surface area contributed by atoms with Crippen LogP contribution in [0.4, 0.5) is 4.39 Å². The van der Waals surface area contributed by atoms with Gasteiger partial charge >= 0.3 is 0 Å². The number of halogens is 2. The zero-order valence-corrected chi connectivity index (χ0v) is 14.8. The predicted molar refractivity (Wildman–Crippen MR) is 87.2 cm³/mol. The summed E-state index contributed by atoms with van der Waals surface area (Å²) < 4.78 is 51.2. The van der Waals surface area contributed by atoms with Gasteiger partial charge in [0, 0.05) is 18.5 Å². The summed E-state index contributed by atoms with van der Waals surface area (Å²) in [5.74, 6) is -0.768. The van der Waals surface area contributed by atoms with E-state index in [1.54, 1.807) is 12.1 Å². The Morgan fingerprint density at radius 1 is 1.30 bits per heavy atom. The van der Waals surface area contributed by atoms with Crippen LogP contribution in [0.15, 0.2) is 35.2 Å². The van der Waals surface area contributed by atoms with Crippen molar-refractivity contribution in [1.82, 2.24) is 4.72 Å². The normalized spacial score (nSPS) is 13.0. The van der Waals surface area contributed by atoms with E-state index in [4.69, 9.17) is 21.1 Å². The summed E-state index contributed by atoms with van der Waals surface area (Å²) in [4.78, 5) is 0.607. The van der Waals surface area contributed by atoms with Gasteiger partial charge in [0.15, 0.2) is 11.6 Å². The van der Waals surface area contributed by atoms with E-state index in [0.717, 1.165) is 10.9 Å². The van der Waals surface area contributed by atoms with E-state index in [1.807, 2.05) is 0 Å². The molecule has 0 unspecified atom stereocenters. The number of hydrogen-bond acceptors (Lipinski definition) is 5. The zero-order chi connectivity index (χ0) is 17.0. The summed E-state index contributed by atoms with van der Waals surface area (Å²) in [5, 5.41) is 0. The SMILES string of the molecule is COc1ccc(S(=O)(=O)NC[C@H](OC)c2ccc(Cl)s2)cc1F. The zero-order valence-electron chi connectivity index (χ0n) is 12.4. The highest BCUT2D eigenvalue weighted by atomic mass is 35.5. The minimum Gasteiger partial charge on any atom is -0.494 e. The highest BCUT2D eigenvalue weighted by Crippen LogP contribution is 2.28. The summed E-state index contributed by atoms with van der Waals surface area (Å²) in [6.45, 7) is 0.00330. The van der Waals surface area contributed by atoms with Crippen LogP contribution in [0, 0.1) is 5.82 Å². The molecule has 0 saturated heterocycles. The molecular weight excluding hydrogens is 365 g/mol. The monoisotopic (exact) mass is 379 g/mol. The maximum atomic E-state index is 13.7. The van der Waals surface area contributed by atoms with Crippen LogP contribution < -0.4 is 9.46 Å². The van der Waals surface area contributed by atoms with Gasteiger partial charge in [-0.3, -0.25) is 0 Å². The van der Waals surface area contributed by atoms with Crippen molar-refractivity contribution in [3.63, 3.8) is 0 Å². The standard InChI is InChI=1S/C14H15ClFNO4S2/c1-20-11-4-3-9(7-10(11)16)23(18,19)17-8-12(21-2)13-5-6-14(15)22-13/h3-7,12,17H,8H2,1-2H3/t12-/m0/s1. The van der Waals surface area contributed by atoms with E-state index in [1.165, 1.54) is 37.7 Å². The van der Waals surface area contributed by atoms with Crippen molar-refractivity contribution in [2.75, 3.05) is 20.8 Å². The summed E-state index contributed by atoms with van der Waals surface area (Å²) in [7, 11) is -1.09. The molecule has 126 valence electrons. The van der Waals surface area contributed by atoms with Gasteiger partial charge in [0.2, 0.25) is 10.0 Å². The van der Waals surface area contributed by atoms with E-state index in [9.17, 15) is 12.8 Å². The van der Waals surface area contributed by atoms with E-state index in [2.05, 4.69) is 4.72 Å². The van der Waals surface area contributed by atoms with Crippen molar-refractivity contribution in [3.05, 3.63) is 45.4 Å². The van der Waals surface area contributed by atoms with Crippen molar-refractivity contribution in [2.24, 2.45) is 0 Å². The minimum atomic E-state index is -3.87. The van der Waals surface area contributed by atoms with Gasteiger partial charge in [-0.2, -0.15) is 0 Å². The van der Waals surface area contributed by atoms with Crippen molar-refractivity contribution >= 4 is 33.0 Å². The Morgan fingerprint density at radius 3 is 2.57 bits per heavy atom. The number of methoxy groups -OCH3 is 2. The second kappa shape index (κ2) is 7.59. The molecule has 0 aliphatic carbocycles. The van der Waals surface area contributed by atoms with Gasteiger partial charge in [0.1, 0.15) is 6.10 Å². The summed E-state index contributed by atoms with van der Waals surface area (Å²) >= 11 is 7.17. The molecule has 5 nitrogen and oxygen atoms in total. The molecule has 1 aromatic heterocycles. The van der Waals surface area contributed by atoms with Crippen LogP contribution in [0.25, 0.3) is 0 Å². The first kappa shape index (κ1) is 18.2. The molecule has 0 saturated carbocycles. The largest absolute Gasteiger partial charge is 0.494 e. The molecule has 0 bridgehead atoms. The molecule has 0 radical (unpaired) electrons. The third-order valence-corrected chi connectivity index (χ3v) is 5.83. The van der Waals surface area contributed by atoms with E-state index in [0.29, 0.717) is 4.34 Å². The summed E-state index contributed by atoms with van der Waals surface area (Å²) in [6.07, 6.45) is -0.481. The Bertz CT molecular complexity index is 779. The molecule has 0 aliphatic heterocycles. The lowest BCUT2D eigenvalue weighted by molar-refractivity contribution is 0.110. The number of ether oxygens (including phenoxy) is 2. The maximum Gasteiger partial charge on any atom is 0.240 e. The number of thiophene rings is 1. The van der Waals surface area contributed by atoms with Crippen molar-refractivity contribution in [2.45, 2.75) is 11.0 Å². The quantitative estimate of drug-likeness (QED) is 0.802. The van der Waals surface area contributed by atoms with Crippen molar-refractivity contribution < 1.29 is 22.3 Å². The molecular formula is C14H15ClFNO4S2. The third-order valence-electron chi connectivity index (χ3n) is 3.09. The topological polar surface area (TPSA) is 64.6 Å². The van der Waals surface area contributed by atoms with Crippen LogP contribution >= 0.6 is 22.9 Å². The number of nitrogens with one attached hydrogen (secondary N) is 1. The minimum absolute atomic E-state index is 0.00330. The lowest BCUT2D eigenvalue weighted by Crippen LogP contribution is -2.29. The molecule has 0 aliphatic rings. The third kappa shape index (κ3) is 4.42. The van der Waals surface area contributed by atoms with Crippen molar-refractivity contribution in [3.8, 4) is 5.75 Å². The van der Waals surface area contributed by atoms with Crippen LogP contribution in [0.3, 0.4) is 0 Å². The van der Waals surface area contributed by atoms with Gasteiger partial charge in [0.25, 0.3) is 0 Å². The van der Waals surface area contributed by atoms with E-state index >= 15 is 0 Å². The Hall–Kier alpha value is -1.19. The molecule has 2 rings (SSSR count). The Kier molecular flexibility index (Phi) is 5.99. The second-order valence-electron chi connectivity index (χ2n) is 4.51. The second-order valence-corrected chi connectivity index (χ2v) is 8.03. The number of hydrogen-bond donors (Lipinski definition) is 1. The molecule has 1 N–H and O–H groups in total. The maximum absolute atomic E-state index is 13.7. The molecule has 0 spiro atoms. The number of benzene rings is 1. The summed E-state index contributed by atoms with van der Waals surface area (Å²) in [6, 6.07) is 6.92. The van der Waals surface area contributed by atoms with Gasteiger partial charge in [-0.1, -0.05) is 11.6 Å². The van der Waals surface area contributed by atoms with Crippen LogP contribution in [0.2, 0.25) is 4.34 Å². The fourth-order valence-electron chi connectivity index (χ4n) is 1.88. The predicted octanol–water partition coefficient (Wildman–Crippen LogP) is 3.22. The molecule has 1 aromatic carbocycles.